The lowest BCUT2D eigenvalue weighted by molar-refractivity contribution is 0.394. The molecule has 0 amide bonds. The standard InChI is InChI=1S/C10H18N4/c1-3-8-5-14(6-8)10-9(4-11)7-13(2)12-10/h7-8H,3-6,11H2,1-2H3. The summed E-state index contributed by atoms with van der Waals surface area (Å²) in [6.07, 6.45) is 3.27. The number of nitrogens with two attached hydrogens (primary N) is 1. The van der Waals surface area contributed by atoms with Crippen molar-refractivity contribution in [3.05, 3.63) is 11.8 Å². The van der Waals surface area contributed by atoms with Crippen LogP contribution in [-0.2, 0) is 13.6 Å². The molecule has 0 aromatic carbocycles. The number of hydrogen-bond donors (Lipinski definition) is 1. The molecule has 1 saturated heterocycles. The van der Waals surface area contributed by atoms with E-state index in [2.05, 4.69) is 16.9 Å². The van der Waals surface area contributed by atoms with Crippen LogP contribution in [-0.4, -0.2) is 22.9 Å². The van der Waals surface area contributed by atoms with E-state index in [-0.39, 0.29) is 0 Å². The van der Waals surface area contributed by atoms with Crippen LogP contribution in [0, 0.1) is 5.92 Å². The van der Waals surface area contributed by atoms with Crippen molar-refractivity contribution in [2.45, 2.75) is 19.9 Å². The molecule has 4 nitrogen and oxygen atoms in total. The van der Waals surface area contributed by atoms with Crippen molar-refractivity contribution in [1.29, 1.82) is 0 Å². The fraction of sp³-hybridized carbons (Fsp3) is 0.700. The van der Waals surface area contributed by atoms with Gasteiger partial charge in [-0.3, -0.25) is 4.68 Å². The minimum absolute atomic E-state index is 0.580. The van der Waals surface area contributed by atoms with E-state index in [0.717, 1.165) is 30.4 Å². The molecular weight excluding hydrogens is 176 g/mol. The Kier molecular flexibility index (Phi) is 2.46. The highest BCUT2D eigenvalue weighted by Crippen LogP contribution is 2.27. The molecule has 0 atom stereocenters. The van der Waals surface area contributed by atoms with Gasteiger partial charge in [-0.05, 0) is 12.3 Å². The van der Waals surface area contributed by atoms with Crippen LogP contribution in [0.25, 0.3) is 0 Å². The van der Waals surface area contributed by atoms with Gasteiger partial charge in [0.25, 0.3) is 0 Å². The third-order valence-electron chi connectivity index (χ3n) is 2.94. The Morgan fingerprint density at radius 1 is 1.57 bits per heavy atom. The lowest BCUT2D eigenvalue weighted by atomic mass is 9.97. The lowest BCUT2D eigenvalue weighted by Crippen LogP contribution is -2.47. The summed E-state index contributed by atoms with van der Waals surface area (Å²) in [5.41, 5.74) is 6.82. The minimum Gasteiger partial charge on any atom is -0.354 e. The highest BCUT2D eigenvalue weighted by molar-refractivity contribution is 5.48. The summed E-state index contributed by atoms with van der Waals surface area (Å²) in [5, 5.41) is 4.43. The number of aryl methyl sites for hydroxylation is 1. The summed E-state index contributed by atoms with van der Waals surface area (Å²) in [4.78, 5) is 2.32. The van der Waals surface area contributed by atoms with Gasteiger partial charge in [0.2, 0.25) is 0 Å². The predicted octanol–water partition coefficient (Wildman–Crippen LogP) is 0.725. The number of hydrogen-bond acceptors (Lipinski definition) is 3. The fourth-order valence-corrected chi connectivity index (χ4v) is 1.94. The molecule has 2 rings (SSSR count). The van der Waals surface area contributed by atoms with Gasteiger partial charge in [0.1, 0.15) is 0 Å². The summed E-state index contributed by atoms with van der Waals surface area (Å²) < 4.78 is 1.84. The van der Waals surface area contributed by atoms with Gasteiger partial charge in [-0.15, -0.1) is 0 Å². The monoisotopic (exact) mass is 194 g/mol. The molecular formula is C10H18N4. The topological polar surface area (TPSA) is 47.1 Å². The van der Waals surface area contributed by atoms with Crippen molar-refractivity contribution in [2.24, 2.45) is 18.7 Å². The van der Waals surface area contributed by atoms with E-state index < -0.39 is 0 Å². The third-order valence-corrected chi connectivity index (χ3v) is 2.94. The van der Waals surface area contributed by atoms with E-state index in [1.165, 1.54) is 6.42 Å². The quantitative estimate of drug-likeness (QED) is 0.771. The second-order valence-electron chi connectivity index (χ2n) is 4.03. The van der Waals surface area contributed by atoms with Gasteiger partial charge in [0, 0.05) is 38.4 Å². The maximum absolute atomic E-state index is 5.67. The zero-order valence-corrected chi connectivity index (χ0v) is 8.90. The normalized spacial score (nSPS) is 17.2. The zero-order valence-electron chi connectivity index (χ0n) is 8.90. The summed E-state index contributed by atoms with van der Waals surface area (Å²) in [5.74, 6) is 1.93. The van der Waals surface area contributed by atoms with Gasteiger partial charge in [-0.25, -0.2) is 0 Å². The molecule has 1 aromatic heterocycles. The molecule has 4 heteroatoms. The smallest absolute Gasteiger partial charge is 0.155 e. The SMILES string of the molecule is CCC1CN(c2nn(C)cc2CN)C1. The average Bonchev–Trinajstić information content (AvgIpc) is 2.45. The average molecular weight is 194 g/mol. The van der Waals surface area contributed by atoms with Gasteiger partial charge >= 0.3 is 0 Å². The van der Waals surface area contributed by atoms with Crippen LogP contribution in [0.3, 0.4) is 0 Å². The van der Waals surface area contributed by atoms with E-state index in [9.17, 15) is 0 Å². The van der Waals surface area contributed by atoms with Gasteiger partial charge in [0.15, 0.2) is 5.82 Å². The van der Waals surface area contributed by atoms with Crippen LogP contribution in [0.2, 0.25) is 0 Å². The molecule has 0 saturated carbocycles. The first-order valence-corrected chi connectivity index (χ1v) is 5.22. The first-order chi connectivity index (χ1) is 6.74. The molecule has 0 radical (unpaired) electrons. The van der Waals surface area contributed by atoms with E-state index in [0.29, 0.717) is 6.54 Å². The van der Waals surface area contributed by atoms with Crippen LogP contribution in [0.5, 0.6) is 0 Å². The molecule has 1 fully saturated rings. The summed E-state index contributed by atoms with van der Waals surface area (Å²) in [6, 6.07) is 0. The highest BCUT2D eigenvalue weighted by Gasteiger charge is 2.28. The highest BCUT2D eigenvalue weighted by atomic mass is 15.4. The number of nitrogens with zero attached hydrogens (tertiary/aromatic N) is 3. The maximum Gasteiger partial charge on any atom is 0.155 e. The van der Waals surface area contributed by atoms with Gasteiger partial charge in [-0.1, -0.05) is 6.92 Å². The van der Waals surface area contributed by atoms with E-state index >= 15 is 0 Å². The van der Waals surface area contributed by atoms with E-state index in [4.69, 9.17) is 5.73 Å². The Labute approximate surface area is 84.7 Å². The number of aromatic nitrogens is 2. The Hall–Kier alpha value is -1.03. The minimum atomic E-state index is 0.580. The molecule has 0 aliphatic carbocycles. The van der Waals surface area contributed by atoms with Crippen molar-refractivity contribution in [1.82, 2.24) is 9.78 Å². The van der Waals surface area contributed by atoms with Crippen molar-refractivity contribution in [3.63, 3.8) is 0 Å². The lowest BCUT2D eigenvalue weighted by Gasteiger charge is -2.39. The predicted molar refractivity (Wildman–Crippen MR) is 57.1 cm³/mol. The third kappa shape index (κ3) is 1.50. The van der Waals surface area contributed by atoms with Crippen molar-refractivity contribution in [3.8, 4) is 0 Å². The van der Waals surface area contributed by atoms with Crippen LogP contribution in [0.15, 0.2) is 6.20 Å². The summed E-state index contributed by atoms with van der Waals surface area (Å²) >= 11 is 0. The zero-order chi connectivity index (χ0) is 10.1. The summed E-state index contributed by atoms with van der Waals surface area (Å²) in [7, 11) is 1.94. The van der Waals surface area contributed by atoms with Gasteiger partial charge in [0.05, 0.1) is 0 Å². The van der Waals surface area contributed by atoms with Crippen molar-refractivity contribution in [2.75, 3.05) is 18.0 Å². The largest absolute Gasteiger partial charge is 0.354 e. The maximum atomic E-state index is 5.67. The van der Waals surface area contributed by atoms with Crippen LogP contribution >= 0.6 is 0 Å². The second-order valence-corrected chi connectivity index (χ2v) is 4.03. The molecule has 1 aliphatic heterocycles. The molecule has 2 heterocycles. The Morgan fingerprint density at radius 2 is 2.29 bits per heavy atom. The number of rotatable bonds is 3. The Morgan fingerprint density at radius 3 is 2.86 bits per heavy atom. The number of anilines is 1. The molecule has 2 N–H and O–H groups in total. The van der Waals surface area contributed by atoms with Crippen LogP contribution < -0.4 is 10.6 Å². The molecule has 14 heavy (non-hydrogen) atoms. The van der Waals surface area contributed by atoms with E-state index in [1.807, 2.05) is 17.9 Å². The molecule has 1 aromatic rings. The van der Waals surface area contributed by atoms with E-state index in [1.54, 1.807) is 0 Å². The molecule has 0 bridgehead atoms. The molecule has 78 valence electrons. The molecule has 0 unspecified atom stereocenters. The Balaban J connectivity index is 2.09. The molecule has 1 aliphatic rings. The van der Waals surface area contributed by atoms with Crippen LogP contribution in [0.4, 0.5) is 5.82 Å². The first-order valence-electron chi connectivity index (χ1n) is 5.22. The van der Waals surface area contributed by atoms with Gasteiger partial charge in [-0.2, -0.15) is 5.10 Å². The summed E-state index contributed by atoms with van der Waals surface area (Å²) in [6.45, 7) is 5.10. The fourth-order valence-electron chi connectivity index (χ4n) is 1.94. The van der Waals surface area contributed by atoms with Crippen LogP contribution in [0.1, 0.15) is 18.9 Å². The van der Waals surface area contributed by atoms with Crippen molar-refractivity contribution >= 4 is 5.82 Å². The second kappa shape index (κ2) is 3.61. The van der Waals surface area contributed by atoms with Gasteiger partial charge < -0.3 is 10.6 Å². The first kappa shape index (κ1) is 9.52. The molecule has 0 spiro atoms. The Bertz CT molecular complexity index is 312. The van der Waals surface area contributed by atoms with Crippen molar-refractivity contribution < 1.29 is 0 Å².